The Hall–Kier alpha value is -1.75. The van der Waals surface area contributed by atoms with E-state index >= 15 is 0 Å². The third-order valence-electron chi connectivity index (χ3n) is 2.96. The number of methoxy groups -OCH3 is 1. The molecule has 1 rings (SSSR count). The SMILES string of the molecule is CCN(CC)CCOC(=O)c1cc(OC)ccc1O. The summed E-state index contributed by atoms with van der Waals surface area (Å²) >= 11 is 0. The van der Waals surface area contributed by atoms with Crippen LogP contribution in [0.25, 0.3) is 0 Å². The van der Waals surface area contributed by atoms with Gasteiger partial charge in [0.25, 0.3) is 0 Å². The zero-order valence-corrected chi connectivity index (χ0v) is 11.7. The molecule has 0 bridgehead atoms. The van der Waals surface area contributed by atoms with Crippen LogP contribution < -0.4 is 4.74 Å². The maximum Gasteiger partial charge on any atom is 0.342 e. The average molecular weight is 267 g/mol. The zero-order chi connectivity index (χ0) is 14.3. The van der Waals surface area contributed by atoms with Crippen molar-refractivity contribution in [2.24, 2.45) is 0 Å². The van der Waals surface area contributed by atoms with Gasteiger partial charge in [0.1, 0.15) is 23.7 Å². The fourth-order valence-electron chi connectivity index (χ4n) is 1.69. The highest BCUT2D eigenvalue weighted by atomic mass is 16.5. The van der Waals surface area contributed by atoms with Gasteiger partial charge in [0, 0.05) is 6.54 Å². The molecule has 0 heterocycles. The van der Waals surface area contributed by atoms with Crippen molar-refractivity contribution in [3.05, 3.63) is 23.8 Å². The molecule has 0 unspecified atom stereocenters. The van der Waals surface area contributed by atoms with Gasteiger partial charge in [-0.15, -0.1) is 0 Å². The predicted octanol–water partition coefficient (Wildman–Crippen LogP) is 1.90. The molecule has 0 atom stereocenters. The molecule has 0 spiro atoms. The first-order valence-corrected chi connectivity index (χ1v) is 6.38. The van der Waals surface area contributed by atoms with Crippen LogP contribution in [0.3, 0.4) is 0 Å². The minimum Gasteiger partial charge on any atom is -0.507 e. The highest BCUT2D eigenvalue weighted by Gasteiger charge is 2.14. The Labute approximate surface area is 113 Å². The molecule has 0 aromatic heterocycles. The number of ether oxygens (including phenoxy) is 2. The van der Waals surface area contributed by atoms with Crippen molar-refractivity contribution in [1.29, 1.82) is 0 Å². The molecule has 0 fully saturated rings. The molecule has 0 saturated heterocycles. The van der Waals surface area contributed by atoms with Crippen LogP contribution in [0, 0.1) is 0 Å². The molecule has 0 aliphatic carbocycles. The number of phenolic OH excluding ortho intramolecular Hbond substituents is 1. The first-order chi connectivity index (χ1) is 9.12. The van der Waals surface area contributed by atoms with Gasteiger partial charge in [0.15, 0.2) is 0 Å². The molecule has 19 heavy (non-hydrogen) atoms. The summed E-state index contributed by atoms with van der Waals surface area (Å²) in [5.41, 5.74) is 0.124. The maximum atomic E-state index is 11.8. The van der Waals surface area contributed by atoms with Crippen LogP contribution in [0.15, 0.2) is 18.2 Å². The van der Waals surface area contributed by atoms with E-state index in [-0.39, 0.29) is 11.3 Å². The van der Waals surface area contributed by atoms with Gasteiger partial charge < -0.3 is 19.5 Å². The smallest absolute Gasteiger partial charge is 0.342 e. The van der Waals surface area contributed by atoms with E-state index in [9.17, 15) is 9.90 Å². The Bertz CT molecular complexity index is 416. The fourth-order valence-corrected chi connectivity index (χ4v) is 1.69. The number of hydrogen-bond acceptors (Lipinski definition) is 5. The van der Waals surface area contributed by atoms with E-state index < -0.39 is 5.97 Å². The first-order valence-electron chi connectivity index (χ1n) is 6.38. The van der Waals surface area contributed by atoms with Crippen LogP contribution in [-0.4, -0.2) is 49.3 Å². The molecular formula is C14H21NO4. The second kappa shape index (κ2) is 7.63. The quantitative estimate of drug-likeness (QED) is 0.765. The summed E-state index contributed by atoms with van der Waals surface area (Å²) < 4.78 is 10.2. The van der Waals surface area contributed by atoms with Crippen molar-refractivity contribution < 1.29 is 19.4 Å². The number of rotatable bonds is 7. The molecule has 0 aliphatic rings. The summed E-state index contributed by atoms with van der Waals surface area (Å²) in [7, 11) is 1.50. The second-order valence-electron chi connectivity index (χ2n) is 4.05. The highest BCUT2D eigenvalue weighted by molar-refractivity contribution is 5.92. The van der Waals surface area contributed by atoms with Crippen molar-refractivity contribution in [3.63, 3.8) is 0 Å². The molecule has 106 valence electrons. The van der Waals surface area contributed by atoms with Crippen LogP contribution in [0.4, 0.5) is 0 Å². The second-order valence-corrected chi connectivity index (χ2v) is 4.05. The van der Waals surface area contributed by atoms with Crippen LogP contribution in [0.2, 0.25) is 0 Å². The summed E-state index contributed by atoms with van der Waals surface area (Å²) in [5, 5.41) is 9.63. The van der Waals surface area contributed by atoms with Crippen LogP contribution >= 0.6 is 0 Å². The van der Waals surface area contributed by atoms with Crippen molar-refractivity contribution >= 4 is 5.97 Å². The van der Waals surface area contributed by atoms with E-state index in [4.69, 9.17) is 9.47 Å². The van der Waals surface area contributed by atoms with E-state index in [2.05, 4.69) is 18.7 Å². The molecule has 1 aromatic rings. The molecule has 0 saturated carbocycles. The Morgan fingerprint density at radius 1 is 1.32 bits per heavy atom. The van der Waals surface area contributed by atoms with E-state index in [1.807, 2.05) is 0 Å². The summed E-state index contributed by atoms with van der Waals surface area (Å²) in [6.45, 7) is 6.93. The van der Waals surface area contributed by atoms with Crippen molar-refractivity contribution in [2.75, 3.05) is 33.4 Å². The number of esters is 1. The Kier molecular flexibility index (Phi) is 6.15. The normalized spacial score (nSPS) is 10.5. The van der Waals surface area contributed by atoms with E-state index in [0.717, 1.165) is 13.1 Å². The lowest BCUT2D eigenvalue weighted by Crippen LogP contribution is -2.27. The van der Waals surface area contributed by atoms with Gasteiger partial charge in [0.05, 0.1) is 7.11 Å². The monoisotopic (exact) mass is 267 g/mol. The van der Waals surface area contributed by atoms with Gasteiger partial charge in [-0.1, -0.05) is 13.8 Å². The summed E-state index contributed by atoms with van der Waals surface area (Å²) in [4.78, 5) is 14.0. The Morgan fingerprint density at radius 3 is 2.58 bits per heavy atom. The number of hydrogen-bond donors (Lipinski definition) is 1. The number of aromatic hydroxyl groups is 1. The third kappa shape index (κ3) is 4.44. The number of likely N-dealkylation sites (N-methyl/N-ethyl adjacent to an activating group) is 1. The molecule has 0 amide bonds. The van der Waals surface area contributed by atoms with Gasteiger partial charge in [-0.3, -0.25) is 0 Å². The summed E-state index contributed by atoms with van der Waals surface area (Å²) in [6.07, 6.45) is 0. The molecule has 0 aliphatic heterocycles. The van der Waals surface area contributed by atoms with E-state index in [0.29, 0.717) is 18.9 Å². The Balaban J connectivity index is 2.58. The van der Waals surface area contributed by atoms with E-state index in [1.165, 1.54) is 19.2 Å². The molecule has 0 radical (unpaired) electrons. The van der Waals surface area contributed by atoms with Gasteiger partial charge in [-0.2, -0.15) is 0 Å². The zero-order valence-electron chi connectivity index (χ0n) is 11.7. The lowest BCUT2D eigenvalue weighted by Gasteiger charge is -2.17. The molecular weight excluding hydrogens is 246 g/mol. The topological polar surface area (TPSA) is 59.0 Å². The van der Waals surface area contributed by atoms with Crippen LogP contribution in [0.5, 0.6) is 11.5 Å². The van der Waals surface area contributed by atoms with Crippen molar-refractivity contribution in [1.82, 2.24) is 4.90 Å². The number of carbonyl (C=O) groups is 1. The van der Waals surface area contributed by atoms with Gasteiger partial charge in [-0.05, 0) is 31.3 Å². The highest BCUT2D eigenvalue weighted by Crippen LogP contribution is 2.23. The van der Waals surface area contributed by atoms with E-state index in [1.54, 1.807) is 6.07 Å². The lowest BCUT2D eigenvalue weighted by molar-refractivity contribution is 0.0463. The molecule has 5 heteroatoms. The fraction of sp³-hybridized carbons (Fsp3) is 0.500. The molecule has 5 nitrogen and oxygen atoms in total. The van der Waals surface area contributed by atoms with Crippen molar-refractivity contribution in [3.8, 4) is 11.5 Å². The number of phenols is 1. The standard InChI is InChI=1S/C14H21NO4/c1-4-15(5-2)8-9-19-14(17)12-10-11(18-3)6-7-13(12)16/h6-7,10,16H,4-5,8-9H2,1-3H3. The van der Waals surface area contributed by atoms with Gasteiger partial charge in [0.2, 0.25) is 0 Å². The van der Waals surface area contributed by atoms with Crippen LogP contribution in [0.1, 0.15) is 24.2 Å². The van der Waals surface area contributed by atoms with Gasteiger partial charge in [-0.25, -0.2) is 4.79 Å². The number of nitrogens with zero attached hydrogens (tertiary/aromatic N) is 1. The van der Waals surface area contributed by atoms with Gasteiger partial charge >= 0.3 is 5.97 Å². The average Bonchev–Trinajstić information content (AvgIpc) is 2.44. The predicted molar refractivity (Wildman–Crippen MR) is 72.7 cm³/mol. The first kappa shape index (κ1) is 15.3. The summed E-state index contributed by atoms with van der Waals surface area (Å²) in [5.74, 6) is -0.134. The minimum absolute atomic E-state index is 0.103. The lowest BCUT2D eigenvalue weighted by atomic mass is 10.2. The number of benzene rings is 1. The molecule has 1 aromatic carbocycles. The Morgan fingerprint density at radius 2 is 2.00 bits per heavy atom. The maximum absolute atomic E-state index is 11.8. The largest absolute Gasteiger partial charge is 0.507 e. The van der Waals surface area contributed by atoms with Crippen molar-refractivity contribution in [2.45, 2.75) is 13.8 Å². The number of carbonyl (C=O) groups excluding carboxylic acids is 1. The van der Waals surface area contributed by atoms with Crippen LogP contribution in [-0.2, 0) is 4.74 Å². The minimum atomic E-state index is -0.538. The molecule has 1 N–H and O–H groups in total. The third-order valence-corrected chi connectivity index (χ3v) is 2.96. The summed E-state index contributed by atoms with van der Waals surface area (Å²) in [6, 6.07) is 4.47.